The summed E-state index contributed by atoms with van der Waals surface area (Å²) in [6.07, 6.45) is 5.33. The van der Waals surface area contributed by atoms with Gasteiger partial charge in [0, 0.05) is 43.3 Å². The Hall–Kier alpha value is -3.81. The number of ether oxygens (including phenoxy) is 1. The number of nitrogens with one attached hydrogen (secondary N) is 1. The zero-order valence-electron chi connectivity index (χ0n) is 16.5. The highest BCUT2D eigenvalue weighted by Gasteiger charge is 2.26. The Labute approximate surface area is 173 Å². The number of carbonyl (C=O) groups excluding carboxylic acids is 2. The van der Waals surface area contributed by atoms with Crippen LogP contribution in [-0.4, -0.2) is 53.1 Å². The average Bonchev–Trinajstić information content (AvgIpc) is 3.28. The minimum Gasteiger partial charge on any atom is -0.465 e. The molecule has 0 radical (unpaired) electrons. The summed E-state index contributed by atoms with van der Waals surface area (Å²) in [5.41, 5.74) is 2.45. The van der Waals surface area contributed by atoms with E-state index in [4.69, 9.17) is 0 Å². The number of anilines is 1. The standard InChI is InChI=1S/C22H21N5O3/c1-30-21(29)17-11-16(12-23-13-17)20(28)25-18-8-10-27(14-18)22-24-9-7-19(26-22)15-5-3-2-4-6-15/h2-7,9,11-13,18H,8,10,14H2,1H3,(H,25,28). The zero-order chi connectivity index (χ0) is 20.9. The Balaban J connectivity index is 1.42. The molecule has 152 valence electrons. The van der Waals surface area contributed by atoms with Crippen molar-refractivity contribution in [1.29, 1.82) is 0 Å². The second-order valence-electron chi connectivity index (χ2n) is 6.97. The van der Waals surface area contributed by atoms with Crippen LogP contribution in [0, 0.1) is 0 Å². The molecule has 1 saturated heterocycles. The van der Waals surface area contributed by atoms with Gasteiger partial charge in [-0.05, 0) is 18.6 Å². The summed E-state index contributed by atoms with van der Waals surface area (Å²) in [4.78, 5) is 39.3. The summed E-state index contributed by atoms with van der Waals surface area (Å²) < 4.78 is 4.68. The van der Waals surface area contributed by atoms with Crippen molar-refractivity contribution in [3.8, 4) is 11.3 Å². The first-order chi connectivity index (χ1) is 14.6. The molecule has 1 aliphatic heterocycles. The number of benzene rings is 1. The number of nitrogens with zero attached hydrogens (tertiary/aromatic N) is 4. The maximum atomic E-state index is 12.6. The number of aromatic nitrogens is 3. The van der Waals surface area contributed by atoms with Gasteiger partial charge < -0.3 is 15.0 Å². The molecule has 0 saturated carbocycles. The molecule has 30 heavy (non-hydrogen) atoms. The van der Waals surface area contributed by atoms with Crippen LogP contribution in [0.15, 0.2) is 61.1 Å². The molecule has 1 aromatic carbocycles. The Morgan fingerprint density at radius 3 is 2.73 bits per heavy atom. The summed E-state index contributed by atoms with van der Waals surface area (Å²) in [6.45, 7) is 1.34. The van der Waals surface area contributed by atoms with Gasteiger partial charge in [0.05, 0.1) is 23.9 Å². The Kier molecular flexibility index (Phi) is 5.65. The van der Waals surface area contributed by atoms with E-state index in [0.717, 1.165) is 24.2 Å². The fraction of sp³-hybridized carbons (Fsp3) is 0.227. The summed E-state index contributed by atoms with van der Waals surface area (Å²) in [7, 11) is 1.29. The first kappa shape index (κ1) is 19.5. The van der Waals surface area contributed by atoms with Crippen molar-refractivity contribution < 1.29 is 14.3 Å². The molecule has 1 amide bonds. The lowest BCUT2D eigenvalue weighted by Gasteiger charge is -2.17. The minimum atomic E-state index is -0.528. The van der Waals surface area contributed by atoms with Crippen LogP contribution in [0.3, 0.4) is 0 Å². The second-order valence-corrected chi connectivity index (χ2v) is 6.97. The molecular weight excluding hydrogens is 382 g/mol. The van der Waals surface area contributed by atoms with Crippen molar-refractivity contribution in [2.45, 2.75) is 12.5 Å². The number of pyridine rings is 1. The monoisotopic (exact) mass is 403 g/mol. The van der Waals surface area contributed by atoms with E-state index in [1.807, 2.05) is 36.4 Å². The number of methoxy groups -OCH3 is 1. The van der Waals surface area contributed by atoms with E-state index in [0.29, 0.717) is 18.1 Å². The van der Waals surface area contributed by atoms with E-state index in [2.05, 4.69) is 29.9 Å². The largest absolute Gasteiger partial charge is 0.465 e. The lowest BCUT2D eigenvalue weighted by Crippen LogP contribution is -2.37. The highest BCUT2D eigenvalue weighted by Crippen LogP contribution is 2.21. The van der Waals surface area contributed by atoms with Gasteiger partial charge in [-0.25, -0.2) is 14.8 Å². The van der Waals surface area contributed by atoms with Gasteiger partial charge in [-0.3, -0.25) is 9.78 Å². The van der Waals surface area contributed by atoms with Crippen molar-refractivity contribution in [1.82, 2.24) is 20.3 Å². The lowest BCUT2D eigenvalue weighted by molar-refractivity contribution is 0.0600. The Morgan fingerprint density at radius 1 is 1.13 bits per heavy atom. The molecule has 0 aliphatic carbocycles. The van der Waals surface area contributed by atoms with Crippen molar-refractivity contribution in [2.24, 2.45) is 0 Å². The number of carbonyl (C=O) groups is 2. The zero-order valence-corrected chi connectivity index (χ0v) is 16.5. The van der Waals surface area contributed by atoms with Crippen LogP contribution in [0.4, 0.5) is 5.95 Å². The molecule has 1 N–H and O–H groups in total. The van der Waals surface area contributed by atoms with Gasteiger partial charge in [-0.1, -0.05) is 30.3 Å². The quantitative estimate of drug-likeness (QED) is 0.653. The number of rotatable bonds is 5. The highest BCUT2D eigenvalue weighted by molar-refractivity contribution is 5.97. The summed E-state index contributed by atoms with van der Waals surface area (Å²) in [6, 6.07) is 13.2. The van der Waals surface area contributed by atoms with E-state index < -0.39 is 5.97 Å². The predicted octanol–water partition coefficient (Wildman–Crippen LogP) is 2.33. The molecule has 0 bridgehead atoms. The van der Waals surface area contributed by atoms with Gasteiger partial charge in [0.1, 0.15) is 0 Å². The molecule has 1 unspecified atom stereocenters. The van der Waals surface area contributed by atoms with Gasteiger partial charge in [-0.15, -0.1) is 0 Å². The molecule has 4 rings (SSSR count). The minimum absolute atomic E-state index is 0.0525. The maximum Gasteiger partial charge on any atom is 0.339 e. The van der Waals surface area contributed by atoms with E-state index in [-0.39, 0.29) is 17.5 Å². The number of hydrogen-bond acceptors (Lipinski definition) is 7. The molecule has 1 atom stereocenters. The van der Waals surface area contributed by atoms with Crippen molar-refractivity contribution in [2.75, 3.05) is 25.1 Å². The van der Waals surface area contributed by atoms with Crippen molar-refractivity contribution in [3.63, 3.8) is 0 Å². The van der Waals surface area contributed by atoms with Crippen LogP contribution in [0.1, 0.15) is 27.1 Å². The third-order valence-corrected chi connectivity index (χ3v) is 4.94. The molecule has 8 nitrogen and oxygen atoms in total. The SMILES string of the molecule is COC(=O)c1cncc(C(=O)NC2CCN(c3nccc(-c4ccccc4)n3)C2)c1. The topological polar surface area (TPSA) is 97.3 Å². The van der Waals surface area contributed by atoms with Crippen LogP contribution < -0.4 is 10.2 Å². The van der Waals surface area contributed by atoms with Crippen molar-refractivity contribution >= 4 is 17.8 Å². The fourth-order valence-corrected chi connectivity index (χ4v) is 3.39. The first-order valence-electron chi connectivity index (χ1n) is 9.61. The number of hydrogen-bond donors (Lipinski definition) is 1. The lowest BCUT2D eigenvalue weighted by atomic mass is 10.1. The molecule has 1 fully saturated rings. The summed E-state index contributed by atoms with van der Waals surface area (Å²) >= 11 is 0. The molecule has 3 aromatic rings. The Morgan fingerprint density at radius 2 is 1.93 bits per heavy atom. The van der Waals surface area contributed by atoms with Gasteiger partial charge >= 0.3 is 5.97 Å². The second kappa shape index (κ2) is 8.69. The highest BCUT2D eigenvalue weighted by atomic mass is 16.5. The van der Waals surface area contributed by atoms with Crippen LogP contribution in [0.25, 0.3) is 11.3 Å². The van der Waals surface area contributed by atoms with Gasteiger partial charge in [-0.2, -0.15) is 0 Å². The van der Waals surface area contributed by atoms with Crippen molar-refractivity contribution in [3.05, 3.63) is 72.2 Å². The van der Waals surface area contributed by atoms with Gasteiger partial charge in [0.2, 0.25) is 5.95 Å². The third kappa shape index (κ3) is 4.27. The molecule has 0 spiro atoms. The molecule has 2 aromatic heterocycles. The normalized spacial score (nSPS) is 15.6. The van der Waals surface area contributed by atoms with E-state index in [1.54, 1.807) is 6.20 Å². The smallest absolute Gasteiger partial charge is 0.339 e. The third-order valence-electron chi connectivity index (χ3n) is 4.94. The molecule has 3 heterocycles. The van der Waals surface area contributed by atoms with Crippen LogP contribution >= 0.6 is 0 Å². The summed E-state index contributed by atoms with van der Waals surface area (Å²) in [5, 5.41) is 3.00. The maximum absolute atomic E-state index is 12.6. The van der Waals surface area contributed by atoms with Crippen LogP contribution in [0.5, 0.6) is 0 Å². The van der Waals surface area contributed by atoms with E-state index >= 15 is 0 Å². The van der Waals surface area contributed by atoms with Gasteiger partial charge in [0.15, 0.2) is 0 Å². The van der Waals surface area contributed by atoms with Crippen LogP contribution in [0.2, 0.25) is 0 Å². The van der Waals surface area contributed by atoms with E-state index in [1.165, 1.54) is 25.6 Å². The number of esters is 1. The average molecular weight is 403 g/mol. The molecular formula is C22H21N5O3. The summed E-state index contributed by atoms with van der Waals surface area (Å²) in [5.74, 6) is -0.166. The molecule has 1 aliphatic rings. The number of amides is 1. The first-order valence-corrected chi connectivity index (χ1v) is 9.61. The fourth-order valence-electron chi connectivity index (χ4n) is 3.39. The van der Waals surface area contributed by atoms with E-state index in [9.17, 15) is 9.59 Å². The Bertz CT molecular complexity index is 1060. The van der Waals surface area contributed by atoms with Crippen LogP contribution in [-0.2, 0) is 4.74 Å². The predicted molar refractivity (Wildman–Crippen MR) is 111 cm³/mol. The molecule has 8 heteroatoms. The van der Waals surface area contributed by atoms with Gasteiger partial charge in [0.25, 0.3) is 5.91 Å².